The van der Waals surface area contributed by atoms with Crippen LogP contribution >= 0.6 is 23.4 Å². The number of carboxylic acids is 1. The zero-order chi connectivity index (χ0) is 13.7. The van der Waals surface area contributed by atoms with Gasteiger partial charge in [0.15, 0.2) is 0 Å². The number of hydrogen-bond donors (Lipinski definition) is 2. The largest absolute Gasteiger partial charge is 0.480 e. The first-order valence-electron chi connectivity index (χ1n) is 5.41. The van der Waals surface area contributed by atoms with Gasteiger partial charge in [0, 0.05) is 9.92 Å². The molecule has 18 heavy (non-hydrogen) atoms. The van der Waals surface area contributed by atoms with E-state index >= 15 is 0 Å². The van der Waals surface area contributed by atoms with Gasteiger partial charge >= 0.3 is 5.97 Å². The minimum absolute atomic E-state index is 0.405. The highest BCUT2D eigenvalue weighted by molar-refractivity contribution is 7.99. The molecule has 1 aromatic rings. The third kappa shape index (κ3) is 3.92. The Labute approximate surface area is 115 Å². The van der Waals surface area contributed by atoms with Crippen LogP contribution in [0.15, 0.2) is 23.1 Å². The molecule has 0 saturated carbocycles. The molecule has 0 bridgehead atoms. The van der Waals surface area contributed by atoms with Gasteiger partial charge in [0.05, 0.1) is 5.56 Å². The topological polar surface area (TPSA) is 66.4 Å². The molecule has 0 fully saturated rings. The predicted molar refractivity (Wildman–Crippen MR) is 72.4 cm³/mol. The van der Waals surface area contributed by atoms with Crippen LogP contribution in [0.25, 0.3) is 0 Å². The Morgan fingerprint density at radius 1 is 1.50 bits per heavy atom. The molecule has 1 rings (SSSR count). The zero-order valence-corrected chi connectivity index (χ0v) is 11.6. The number of aliphatic carboxylic acids is 1. The van der Waals surface area contributed by atoms with E-state index in [1.807, 2.05) is 6.92 Å². The second-order valence-electron chi connectivity index (χ2n) is 3.61. The van der Waals surface area contributed by atoms with Crippen LogP contribution in [0.5, 0.6) is 0 Å². The lowest BCUT2D eigenvalue weighted by atomic mass is 10.2. The van der Waals surface area contributed by atoms with Crippen LogP contribution in [0.2, 0.25) is 5.02 Å². The van der Waals surface area contributed by atoms with E-state index in [1.54, 1.807) is 18.2 Å². The number of carboxylic acid groups (broad SMARTS) is 1. The fourth-order valence-electron chi connectivity index (χ4n) is 1.29. The fraction of sp³-hybridized carbons (Fsp3) is 0.333. The number of hydrogen-bond acceptors (Lipinski definition) is 3. The Hall–Kier alpha value is -1.20. The van der Waals surface area contributed by atoms with Gasteiger partial charge in [-0.25, -0.2) is 0 Å². The highest BCUT2D eigenvalue weighted by atomic mass is 35.5. The molecular weight excluding hydrogens is 274 g/mol. The highest BCUT2D eigenvalue weighted by Gasteiger charge is 2.17. The SMILES string of the molecule is CCSc1cc(Cl)ccc1C(=O)NC(C)C(=O)O. The van der Waals surface area contributed by atoms with Crippen molar-refractivity contribution in [3.05, 3.63) is 28.8 Å². The van der Waals surface area contributed by atoms with Gasteiger partial charge in [0.1, 0.15) is 6.04 Å². The Bertz CT molecular complexity index is 465. The normalized spacial score (nSPS) is 11.9. The number of halogens is 1. The van der Waals surface area contributed by atoms with E-state index in [9.17, 15) is 9.59 Å². The monoisotopic (exact) mass is 287 g/mol. The first kappa shape index (κ1) is 14.9. The molecule has 1 atom stereocenters. The van der Waals surface area contributed by atoms with E-state index in [2.05, 4.69) is 5.32 Å². The summed E-state index contributed by atoms with van der Waals surface area (Å²) in [6.45, 7) is 3.38. The van der Waals surface area contributed by atoms with Gasteiger partial charge in [0.2, 0.25) is 0 Å². The summed E-state index contributed by atoms with van der Waals surface area (Å²) in [6.07, 6.45) is 0. The van der Waals surface area contributed by atoms with Gasteiger partial charge in [-0.05, 0) is 30.9 Å². The van der Waals surface area contributed by atoms with Gasteiger partial charge in [-0.3, -0.25) is 9.59 Å². The van der Waals surface area contributed by atoms with E-state index < -0.39 is 17.9 Å². The van der Waals surface area contributed by atoms with Crippen LogP contribution in [0.4, 0.5) is 0 Å². The summed E-state index contributed by atoms with van der Waals surface area (Å²) in [5.41, 5.74) is 0.444. The Balaban J connectivity index is 2.94. The number of carbonyl (C=O) groups excluding carboxylic acids is 1. The molecule has 0 saturated heterocycles. The van der Waals surface area contributed by atoms with Crippen molar-refractivity contribution in [1.29, 1.82) is 0 Å². The molecular formula is C12H14ClNO3S. The van der Waals surface area contributed by atoms with Crippen molar-refractivity contribution in [2.45, 2.75) is 24.8 Å². The van der Waals surface area contributed by atoms with Crippen molar-refractivity contribution in [1.82, 2.24) is 5.32 Å². The Morgan fingerprint density at radius 3 is 2.72 bits per heavy atom. The molecule has 0 aliphatic carbocycles. The maximum absolute atomic E-state index is 11.9. The van der Waals surface area contributed by atoms with E-state index in [0.717, 1.165) is 10.6 Å². The summed E-state index contributed by atoms with van der Waals surface area (Å²) < 4.78 is 0. The first-order chi connectivity index (χ1) is 8.45. The molecule has 1 unspecified atom stereocenters. The van der Waals surface area contributed by atoms with Crippen molar-refractivity contribution in [2.75, 3.05) is 5.75 Å². The molecule has 0 heterocycles. The molecule has 0 aliphatic rings. The van der Waals surface area contributed by atoms with Crippen LogP contribution in [0.1, 0.15) is 24.2 Å². The maximum atomic E-state index is 11.9. The van der Waals surface area contributed by atoms with Crippen molar-refractivity contribution < 1.29 is 14.7 Å². The van der Waals surface area contributed by atoms with Crippen LogP contribution in [0.3, 0.4) is 0 Å². The molecule has 1 aromatic carbocycles. The average Bonchev–Trinajstić information content (AvgIpc) is 2.29. The maximum Gasteiger partial charge on any atom is 0.325 e. The van der Waals surface area contributed by atoms with Crippen molar-refractivity contribution in [3.63, 3.8) is 0 Å². The summed E-state index contributed by atoms with van der Waals surface area (Å²) in [7, 11) is 0. The molecule has 6 heteroatoms. The average molecular weight is 288 g/mol. The minimum Gasteiger partial charge on any atom is -0.480 e. The molecule has 0 spiro atoms. The third-order valence-electron chi connectivity index (χ3n) is 2.21. The van der Waals surface area contributed by atoms with Crippen LogP contribution in [-0.2, 0) is 4.79 Å². The van der Waals surface area contributed by atoms with Gasteiger partial charge in [-0.2, -0.15) is 0 Å². The summed E-state index contributed by atoms with van der Waals surface area (Å²) >= 11 is 7.36. The standard InChI is InChI=1S/C12H14ClNO3S/c1-3-18-10-6-8(13)4-5-9(10)11(15)14-7(2)12(16)17/h4-7H,3H2,1-2H3,(H,14,15)(H,16,17). The molecule has 0 radical (unpaired) electrons. The summed E-state index contributed by atoms with van der Waals surface area (Å²) in [6, 6.07) is 4.00. The smallest absolute Gasteiger partial charge is 0.325 e. The van der Waals surface area contributed by atoms with E-state index in [0.29, 0.717) is 10.6 Å². The quantitative estimate of drug-likeness (QED) is 0.817. The van der Waals surface area contributed by atoms with E-state index in [-0.39, 0.29) is 0 Å². The molecule has 4 nitrogen and oxygen atoms in total. The second-order valence-corrected chi connectivity index (χ2v) is 5.35. The zero-order valence-electron chi connectivity index (χ0n) is 10.1. The van der Waals surface area contributed by atoms with E-state index in [1.165, 1.54) is 18.7 Å². The summed E-state index contributed by atoms with van der Waals surface area (Å²) in [4.78, 5) is 23.4. The number of carbonyl (C=O) groups is 2. The van der Waals surface area contributed by atoms with Crippen LogP contribution < -0.4 is 5.32 Å². The minimum atomic E-state index is -1.07. The van der Waals surface area contributed by atoms with Crippen molar-refractivity contribution in [3.8, 4) is 0 Å². The van der Waals surface area contributed by atoms with Crippen LogP contribution in [0, 0.1) is 0 Å². The summed E-state index contributed by atoms with van der Waals surface area (Å²) in [5, 5.41) is 11.7. The lowest BCUT2D eigenvalue weighted by molar-refractivity contribution is -0.138. The second kappa shape index (κ2) is 6.66. The number of amides is 1. The number of thioether (sulfide) groups is 1. The fourth-order valence-corrected chi connectivity index (χ4v) is 2.37. The van der Waals surface area contributed by atoms with Crippen molar-refractivity contribution >= 4 is 35.2 Å². The summed E-state index contributed by atoms with van der Waals surface area (Å²) in [5.74, 6) is -0.672. The molecule has 0 aliphatic heterocycles. The predicted octanol–water partition coefficient (Wildman–Crippen LogP) is 2.65. The molecule has 98 valence electrons. The number of benzene rings is 1. The van der Waals surface area contributed by atoms with Crippen molar-refractivity contribution in [2.24, 2.45) is 0 Å². The Morgan fingerprint density at radius 2 is 2.17 bits per heavy atom. The molecule has 1 amide bonds. The Kier molecular flexibility index (Phi) is 5.50. The third-order valence-corrected chi connectivity index (χ3v) is 3.38. The lowest BCUT2D eigenvalue weighted by Gasteiger charge is -2.12. The molecule has 2 N–H and O–H groups in total. The van der Waals surface area contributed by atoms with Gasteiger partial charge in [0.25, 0.3) is 5.91 Å². The highest BCUT2D eigenvalue weighted by Crippen LogP contribution is 2.26. The van der Waals surface area contributed by atoms with Crippen LogP contribution in [-0.4, -0.2) is 28.8 Å². The van der Waals surface area contributed by atoms with E-state index in [4.69, 9.17) is 16.7 Å². The molecule has 0 aromatic heterocycles. The van der Waals surface area contributed by atoms with Gasteiger partial charge in [-0.1, -0.05) is 18.5 Å². The van der Waals surface area contributed by atoms with Gasteiger partial charge < -0.3 is 10.4 Å². The number of nitrogens with one attached hydrogen (secondary N) is 1. The lowest BCUT2D eigenvalue weighted by Crippen LogP contribution is -2.38. The van der Waals surface area contributed by atoms with Gasteiger partial charge in [-0.15, -0.1) is 11.8 Å². The number of rotatable bonds is 5. The first-order valence-corrected chi connectivity index (χ1v) is 6.78.